The van der Waals surface area contributed by atoms with Crippen molar-refractivity contribution >= 4 is 17.2 Å². The van der Waals surface area contributed by atoms with Gasteiger partial charge in [-0.15, -0.1) is 0 Å². The molecule has 184 valence electrons. The van der Waals surface area contributed by atoms with E-state index < -0.39 is 0 Å². The Balaban J connectivity index is 1.34. The maximum Gasteiger partial charge on any atom is 0.227 e. The minimum Gasteiger partial charge on any atom is -0.492 e. The van der Waals surface area contributed by atoms with Crippen molar-refractivity contribution in [2.75, 3.05) is 51.4 Å². The third-order valence-corrected chi connectivity index (χ3v) is 6.51. The summed E-state index contributed by atoms with van der Waals surface area (Å²) in [4.78, 5) is 11.7. The molecule has 7 heteroatoms. The van der Waals surface area contributed by atoms with Gasteiger partial charge < -0.3 is 19.5 Å². The summed E-state index contributed by atoms with van der Waals surface area (Å²) < 4.78 is 18.0. The van der Waals surface area contributed by atoms with Crippen molar-refractivity contribution in [1.82, 2.24) is 14.9 Å². The minimum atomic E-state index is 0.338. The number of hydrogen-bond acceptors (Lipinski definition) is 7. The molecule has 0 radical (unpaired) electrons. The van der Waals surface area contributed by atoms with Crippen LogP contribution in [0.25, 0.3) is 5.57 Å². The predicted octanol–water partition coefficient (Wildman–Crippen LogP) is 4.76. The Labute approximate surface area is 207 Å². The first kappa shape index (κ1) is 23.7. The highest BCUT2D eigenvalue weighted by Gasteiger charge is 2.16. The second-order valence-corrected chi connectivity index (χ2v) is 9.18. The van der Waals surface area contributed by atoms with E-state index >= 15 is 0 Å². The van der Waals surface area contributed by atoms with Gasteiger partial charge in [0.1, 0.15) is 12.4 Å². The summed E-state index contributed by atoms with van der Waals surface area (Å²) >= 11 is 0. The van der Waals surface area contributed by atoms with E-state index in [1.165, 1.54) is 31.5 Å². The van der Waals surface area contributed by atoms with Crippen LogP contribution in [0.5, 0.6) is 5.75 Å². The van der Waals surface area contributed by atoms with E-state index in [9.17, 15) is 0 Å². The molecular weight excluding hydrogens is 440 g/mol. The summed E-state index contributed by atoms with van der Waals surface area (Å²) in [5, 5.41) is 3.36. The predicted molar refractivity (Wildman–Crippen MR) is 138 cm³/mol. The molecule has 35 heavy (non-hydrogen) atoms. The lowest BCUT2D eigenvalue weighted by molar-refractivity contribution is 0.133. The van der Waals surface area contributed by atoms with Gasteiger partial charge in [0.15, 0.2) is 0 Å². The van der Waals surface area contributed by atoms with E-state index in [0.717, 1.165) is 35.7 Å². The molecule has 7 nitrogen and oxygen atoms in total. The molecular formula is C28H34N4O3. The van der Waals surface area contributed by atoms with Gasteiger partial charge in [-0.25, -0.2) is 9.97 Å². The number of nitrogens with zero attached hydrogens (tertiary/aromatic N) is 3. The summed E-state index contributed by atoms with van der Waals surface area (Å²) in [6.07, 6.45) is 15.7. The van der Waals surface area contributed by atoms with Crippen molar-refractivity contribution in [3.63, 3.8) is 0 Å². The van der Waals surface area contributed by atoms with Gasteiger partial charge in [0, 0.05) is 29.9 Å². The van der Waals surface area contributed by atoms with E-state index in [2.05, 4.69) is 39.5 Å². The summed E-state index contributed by atoms with van der Waals surface area (Å²) in [5.74, 6) is 1.77. The topological polar surface area (TPSA) is 68.7 Å². The number of ether oxygens (including phenoxy) is 3. The van der Waals surface area contributed by atoms with E-state index in [0.29, 0.717) is 44.9 Å². The quantitative estimate of drug-likeness (QED) is 0.641. The molecule has 0 saturated carbocycles. The molecule has 1 saturated heterocycles. The number of allylic oxidation sites excluding steroid dienone is 3. The molecule has 0 spiro atoms. The van der Waals surface area contributed by atoms with Crippen molar-refractivity contribution in [2.45, 2.75) is 25.9 Å². The van der Waals surface area contributed by atoms with Gasteiger partial charge in [-0.3, -0.25) is 4.90 Å². The van der Waals surface area contributed by atoms with E-state index in [1.54, 1.807) is 6.20 Å². The van der Waals surface area contributed by atoms with Crippen LogP contribution in [0.2, 0.25) is 0 Å². The van der Waals surface area contributed by atoms with E-state index in [1.807, 2.05) is 30.4 Å². The Morgan fingerprint density at radius 2 is 1.97 bits per heavy atom. The van der Waals surface area contributed by atoms with Crippen LogP contribution in [-0.4, -0.2) is 60.9 Å². The smallest absolute Gasteiger partial charge is 0.227 e. The number of likely N-dealkylation sites (tertiary alicyclic amines) is 1. The Morgan fingerprint density at radius 1 is 1.09 bits per heavy atom. The number of aromatic nitrogens is 2. The van der Waals surface area contributed by atoms with Crippen LogP contribution in [-0.2, 0) is 16.1 Å². The number of nitrogens with one attached hydrogen (secondary N) is 1. The molecule has 3 aliphatic rings. The number of anilines is 2. The molecule has 2 aliphatic heterocycles. The fraction of sp³-hybridized carbons (Fsp3) is 0.429. The summed E-state index contributed by atoms with van der Waals surface area (Å²) in [5.41, 5.74) is 4.04. The standard InChI is InChI=1S/C28H34N4O3/c1-2-13-32(12-1)14-17-35-27-9-8-25-19-24(27)21-34-16-4-3-15-33-20-22-6-5-7-23(18-22)26-10-11-29-28(30-25)31-26/h3-11,19,22H,1-2,12-18,20-21H2,(H,29,30,31)/b4-3+. The van der Waals surface area contributed by atoms with Crippen LogP contribution < -0.4 is 10.1 Å². The SMILES string of the molecule is C1=CC2COC/C=C/COCc3cc(ccc3OCCN3CCCC3)Nc3nccc(n3)C(=C1)C2. The molecule has 1 atom stereocenters. The van der Waals surface area contributed by atoms with Gasteiger partial charge in [0.05, 0.1) is 32.1 Å². The molecule has 1 aromatic carbocycles. The zero-order valence-corrected chi connectivity index (χ0v) is 20.2. The lowest BCUT2D eigenvalue weighted by Gasteiger charge is -2.19. The summed E-state index contributed by atoms with van der Waals surface area (Å²) in [7, 11) is 0. The zero-order chi connectivity index (χ0) is 23.7. The van der Waals surface area contributed by atoms with Crippen molar-refractivity contribution in [3.8, 4) is 5.75 Å². The molecule has 1 unspecified atom stereocenters. The second kappa shape index (κ2) is 12.1. The molecule has 2 aromatic rings. The molecule has 6 bridgehead atoms. The van der Waals surface area contributed by atoms with Crippen LogP contribution in [0.3, 0.4) is 0 Å². The van der Waals surface area contributed by atoms with E-state index in [-0.39, 0.29) is 0 Å². The van der Waals surface area contributed by atoms with Gasteiger partial charge in [0.2, 0.25) is 5.95 Å². The highest BCUT2D eigenvalue weighted by molar-refractivity contribution is 5.67. The van der Waals surface area contributed by atoms with Crippen molar-refractivity contribution in [1.29, 1.82) is 0 Å². The molecule has 0 amide bonds. The number of rotatable bonds is 4. The second-order valence-electron chi connectivity index (χ2n) is 9.18. The zero-order valence-electron chi connectivity index (χ0n) is 20.2. The first-order valence-corrected chi connectivity index (χ1v) is 12.6. The first-order valence-electron chi connectivity index (χ1n) is 12.6. The molecule has 5 rings (SSSR count). The minimum absolute atomic E-state index is 0.338. The molecule has 1 fully saturated rings. The van der Waals surface area contributed by atoms with Crippen molar-refractivity contribution < 1.29 is 14.2 Å². The number of benzene rings is 1. The fourth-order valence-corrected chi connectivity index (χ4v) is 4.64. The molecule has 1 aromatic heterocycles. The molecule has 1 aliphatic carbocycles. The van der Waals surface area contributed by atoms with Crippen LogP contribution in [0.4, 0.5) is 11.6 Å². The van der Waals surface area contributed by atoms with Crippen LogP contribution in [0.15, 0.2) is 60.8 Å². The average molecular weight is 475 g/mol. The largest absolute Gasteiger partial charge is 0.492 e. The van der Waals surface area contributed by atoms with E-state index in [4.69, 9.17) is 19.2 Å². The Bertz CT molecular complexity index is 1080. The Kier molecular flexibility index (Phi) is 8.21. The fourth-order valence-electron chi connectivity index (χ4n) is 4.64. The Morgan fingerprint density at radius 3 is 2.89 bits per heavy atom. The van der Waals surface area contributed by atoms with Gasteiger partial charge in [-0.05, 0) is 62.2 Å². The molecule has 1 N–H and O–H groups in total. The maximum atomic E-state index is 6.17. The first-order chi connectivity index (χ1) is 17.3. The maximum absolute atomic E-state index is 6.17. The summed E-state index contributed by atoms with van der Waals surface area (Å²) in [6, 6.07) is 8.05. The van der Waals surface area contributed by atoms with Crippen molar-refractivity contribution in [2.24, 2.45) is 5.92 Å². The Hall–Kier alpha value is -3.00. The normalized spacial score (nSPS) is 21.9. The number of hydrogen-bond donors (Lipinski definition) is 1. The van der Waals surface area contributed by atoms with Gasteiger partial charge in [-0.1, -0.05) is 30.4 Å². The highest BCUT2D eigenvalue weighted by atomic mass is 16.5. The lowest BCUT2D eigenvalue weighted by Crippen LogP contribution is -2.25. The number of fused-ring (bicyclic) bond motifs is 7. The van der Waals surface area contributed by atoms with Crippen LogP contribution in [0, 0.1) is 5.92 Å². The van der Waals surface area contributed by atoms with Gasteiger partial charge >= 0.3 is 0 Å². The lowest BCUT2D eigenvalue weighted by atomic mass is 9.93. The average Bonchev–Trinajstić information content (AvgIpc) is 3.40. The third kappa shape index (κ3) is 6.78. The monoisotopic (exact) mass is 474 g/mol. The van der Waals surface area contributed by atoms with Crippen LogP contribution >= 0.6 is 0 Å². The van der Waals surface area contributed by atoms with Crippen molar-refractivity contribution in [3.05, 3.63) is 72.1 Å². The van der Waals surface area contributed by atoms with Gasteiger partial charge in [-0.2, -0.15) is 0 Å². The highest BCUT2D eigenvalue weighted by Crippen LogP contribution is 2.28. The van der Waals surface area contributed by atoms with Gasteiger partial charge in [0.25, 0.3) is 0 Å². The summed E-state index contributed by atoms with van der Waals surface area (Å²) in [6.45, 7) is 6.21. The molecule has 3 heterocycles. The van der Waals surface area contributed by atoms with Crippen LogP contribution in [0.1, 0.15) is 30.5 Å². The third-order valence-electron chi connectivity index (χ3n) is 6.51.